The number of aryl methyl sites for hydroxylation is 1. The smallest absolute Gasteiger partial charge is 0.323 e. The molecule has 1 atom stereocenters. The summed E-state index contributed by atoms with van der Waals surface area (Å²) in [5, 5.41) is 0. The van der Waals surface area contributed by atoms with Crippen LogP contribution in [0.5, 0.6) is 0 Å². The van der Waals surface area contributed by atoms with Gasteiger partial charge in [0.05, 0.1) is 18.6 Å². The lowest BCUT2D eigenvalue weighted by atomic mass is 10.1. The summed E-state index contributed by atoms with van der Waals surface area (Å²) in [6, 6.07) is -0.0462. The second kappa shape index (κ2) is 3.59. The molecular formula is C11H15N3O2. The minimum atomic E-state index is -0.0700. The van der Waals surface area contributed by atoms with Crippen molar-refractivity contribution < 1.29 is 9.53 Å². The van der Waals surface area contributed by atoms with E-state index >= 15 is 0 Å². The molecule has 5 heteroatoms. The number of ether oxygens (including phenoxy) is 1. The maximum atomic E-state index is 11.5. The summed E-state index contributed by atoms with van der Waals surface area (Å²) in [7, 11) is 2.02. The predicted molar refractivity (Wildman–Crippen MR) is 56.7 cm³/mol. The van der Waals surface area contributed by atoms with E-state index in [0.29, 0.717) is 6.61 Å². The van der Waals surface area contributed by atoms with E-state index in [2.05, 4.69) is 14.5 Å². The standard InChI is InChI=1S/C11H15N3O2/c1-13-7-12-8-6-14(4-2-9(8)13)10-3-5-16-11(10)15/h7,10H,2-6H2,1H3. The molecule has 2 aliphatic heterocycles. The monoisotopic (exact) mass is 221 g/mol. The van der Waals surface area contributed by atoms with E-state index in [0.717, 1.165) is 31.6 Å². The number of carbonyl (C=O) groups excluding carboxylic acids is 1. The minimum Gasteiger partial charge on any atom is -0.464 e. The van der Waals surface area contributed by atoms with Crippen molar-refractivity contribution in [3.8, 4) is 0 Å². The minimum absolute atomic E-state index is 0.0462. The fourth-order valence-corrected chi connectivity index (χ4v) is 2.56. The van der Waals surface area contributed by atoms with Crippen molar-refractivity contribution >= 4 is 5.97 Å². The molecule has 0 amide bonds. The van der Waals surface area contributed by atoms with Gasteiger partial charge in [-0.2, -0.15) is 0 Å². The third kappa shape index (κ3) is 1.43. The first-order chi connectivity index (χ1) is 7.75. The molecule has 1 aromatic rings. The van der Waals surface area contributed by atoms with Gasteiger partial charge in [0, 0.05) is 38.7 Å². The van der Waals surface area contributed by atoms with Crippen LogP contribution in [0.15, 0.2) is 6.33 Å². The molecule has 0 saturated carbocycles. The second-order valence-corrected chi connectivity index (χ2v) is 4.44. The van der Waals surface area contributed by atoms with Gasteiger partial charge in [0.25, 0.3) is 0 Å². The highest BCUT2D eigenvalue weighted by Gasteiger charge is 2.34. The number of cyclic esters (lactones) is 1. The van der Waals surface area contributed by atoms with Gasteiger partial charge in [0.15, 0.2) is 0 Å². The van der Waals surface area contributed by atoms with Gasteiger partial charge in [0.2, 0.25) is 0 Å². The first-order valence-electron chi connectivity index (χ1n) is 5.65. The van der Waals surface area contributed by atoms with Crippen molar-refractivity contribution in [1.82, 2.24) is 14.5 Å². The molecule has 3 heterocycles. The van der Waals surface area contributed by atoms with Crippen LogP contribution in [-0.4, -0.2) is 39.6 Å². The van der Waals surface area contributed by atoms with Gasteiger partial charge in [-0.15, -0.1) is 0 Å². The summed E-state index contributed by atoms with van der Waals surface area (Å²) in [6.45, 7) is 2.26. The number of imidazole rings is 1. The van der Waals surface area contributed by atoms with Crippen LogP contribution in [0.2, 0.25) is 0 Å². The maximum Gasteiger partial charge on any atom is 0.323 e. The fourth-order valence-electron chi connectivity index (χ4n) is 2.56. The zero-order valence-corrected chi connectivity index (χ0v) is 9.35. The number of nitrogens with zero attached hydrogens (tertiary/aromatic N) is 3. The van der Waals surface area contributed by atoms with Gasteiger partial charge in [-0.05, 0) is 0 Å². The highest BCUT2D eigenvalue weighted by Crippen LogP contribution is 2.22. The quantitative estimate of drug-likeness (QED) is 0.631. The molecule has 0 bridgehead atoms. The normalized spacial score (nSPS) is 25.6. The summed E-state index contributed by atoms with van der Waals surface area (Å²) in [5.41, 5.74) is 2.40. The Balaban J connectivity index is 1.80. The highest BCUT2D eigenvalue weighted by molar-refractivity contribution is 5.77. The lowest BCUT2D eigenvalue weighted by molar-refractivity contribution is -0.142. The van der Waals surface area contributed by atoms with E-state index in [1.54, 1.807) is 0 Å². The van der Waals surface area contributed by atoms with Crippen molar-refractivity contribution in [2.75, 3.05) is 13.2 Å². The Morgan fingerprint density at radius 3 is 3.19 bits per heavy atom. The molecule has 86 valence electrons. The third-order valence-corrected chi connectivity index (χ3v) is 3.48. The summed E-state index contributed by atoms with van der Waals surface area (Å²) in [6.07, 6.45) is 3.64. The predicted octanol–water partition coefficient (Wildman–Crippen LogP) is 0.0937. The Hall–Kier alpha value is -1.36. The summed E-state index contributed by atoms with van der Waals surface area (Å²) < 4.78 is 7.07. The fraction of sp³-hybridized carbons (Fsp3) is 0.636. The van der Waals surface area contributed by atoms with Crippen LogP contribution in [-0.2, 0) is 29.5 Å². The van der Waals surface area contributed by atoms with Gasteiger partial charge in [-0.3, -0.25) is 9.69 Å². The van der Waals surface area contributed by atoms with Crippen molar-refractivity contribution in [3.63, 3.8) is 0 Å². The molecule has 0 N–H and O–H groups in total. The van der Waals surface area contributed by atoms with E-state index in [4.69, 9.17) is 4.74 Å². The third-order valence-electron chi connectivity index (χ3n) is 3.48. The molecule has 5 nitrogen and oxygen atoms in total. The Kier molecular flexibility index (Phi) is 2.21. The maximum absolute atomic E-state index is 11.5. The number of esters is 1. The van der Waals surface area contributed by atoms with Crippen LogP contribution in [0, 0.1) is 0 Å². The van der Waals surface area contributed by atoms with Crippen molar-refractivity contribution in [3.05, 3.63) is 17.7 Å². The van der Waals surface area contributed by atoms with Gasteiger partial charge in [-0.1, -0.05) is 0 Å². The number of hydrogen-bond donors (Lipinski definition) is 0. The average Bonchev–Trinajstić information content (AvgIpc) is 2.86. The summed E-state index contributed by atoms with van der Waals surface area (Å²) >= 11 is 0. The largest absolute Gasteiger partial charge is 0.464 e. The van der Waals surface area contributed by atoms with Gasteiger partial charge in [-0.25, -0.2) is 4.98 Å². The van der Waals surface area contributed by atoms with Gasteiger partial charge in [0.1, 0.15) is 6.04 Å². The molecule has 16 heavy (non-hydrogen) atoms. The summed E-state index contributed by atoms with van der Waals surface area (Å²) in [5.74, 6) is -0.0700. The molecule has 1 unspecified atom stereocenters. The van der Waals surface area contributed by atoms with E-state index < -0.39 is 0 Å². The van der Waals surface area contributed by atoms with Crippen molar-refractivity contribution in [1.29, 1.82) is 0 Å². The highest BCUT2D eigenvalue weighted by atomic mass is 16.5. The molecule has 0 aromatic carbocycles. The van der Waals surface area contributed by atoms with E-state index in [-0.39, 0.29) is 12.0 Å². The number of rotatable bonds is 1. The van der Waals surface area contributed by atoms with E-state index in [9.17, 15) is 4.79 Å². The number of carbonyl (C=O) groups is 1. The zero-order chi connectivity index (χ0) is 11.1. The van der Waals surface area contributed by atoms with Crippen molar-refractivity contribution in [2.24, 2.45) is 7.05 Å². The topological polar surface area (TPSA) is 47.4 Å². The van der Waals surface area contributed by atoms with Crippen LogP contribution in [0.4, 0.5) is 0 Å². The second-order valence-electron chi connectivity index (χ2n) is 4.44. The first-order valence-corrected chi connectivity index (χ1v) is 5.65. The molecule has 0 spiro atoms. The molecular weight excluding hydrogens is 206 g/mol. The number of hydrogen-bond acceptors (Lipinski definition) is 4. The lowest BCUT2D eigenvalue weighted by Gasteiger charge is -2.29. The van der Waals surface area contributed by atoms with Crippen LogP contribution < -0.4 is 0 Å². The number of aromatic nitrogens is 2. The Morgan fingerprint density at radius 1 is 1.56 bits per heavy atom. The average molecular weight is 221 g/mol. The van der Waals surface area contributed by atoms with Gasteiger partial charge >= 0.3 is 5.97 Å². The lowest BCUT2D eigenvalue weighted by Crippen LogP contribution is -2.42. The van der Waals surface area contributed by atoms with E-state index in [1.807, 2.05) is 13.4 Å². The Labute approximate surface area is 94.0 Å². The van der Waals surface area contributed by atoms with Crippen LogP contribution in [0.1, 0.15) is 17.8 Å². The van der Waals surface area contributed by atoms with Gasteiger partial charge < -0.3 is 9.30 Å². The molecule has 1 fully saturated rings. The molecule has 3 rings (SSSR count). The molecule has 2 aliphatic rings. The molecule has 0 radical (unpaired) electrons. The van der Waals surface area contributed by atoms with Crippen LogP contribution >= 0.6 is 0 Å². The zero-order valence-electron chi connectivity index (χ0n) is 9.35. The van der Waals surface area contributed by atoms with Crippen molar-refractivity contribution in [2.45, 2.75) is 25.4 Å². The van der Waals surface area contributed by atoms with E-state index in [1.165, 1.54) is 5.69 Å². The Bertz CT molecular complexity index is 427. The van der Waals surface area contributed by atoms with Crippen LogP contribution in [0.25, 0.3) is 0 Å². The first kappa shape index (κ1) is 9.84. The molecule has 1 aromatic heterocycles. The number of fused-ring (bicyclic) bond motifs is 1. The summed E-state index contributed by atoms with van der Waals surface area (Å²) in [4.78, 5) is 18.1. The molecule has 0 aliphatic carbocycles. The Morgan fingerprint density at radius 2 is 2.44 bits per heavy atom. The SMILES string of the molecule is Cn1cnc2c1CCN(C1CCOC1=O)C2. The van der Waals surface area contributed by atoms with Crippen LogP contribution in [0.3, 0.4) is 0 Å². The molecule has 1 saturated heterocycles.